The van der Waals surface area contributed by atoms with Crippen molar-refractivity contribution < 1.29 is 45.4 Å². The highest BCUT2D eigenvalue weighted by molar-refractivity contribution is 6.24. The second-order valence-corrected chi connectivity index (χ2v) is 10.7. The SMILES string of the molecule is Cc1ccc(F)c(CN2C(=O)C(C(=O)Nc3ccc(C(F)(F)F)cc3-c3cc(C(F)(F)F)ncn3)=C(O)C3(C)CCCN23)c1. The van der Waals surface area contributed by atoms with E-state index in [1.54, 1.807) is 19.9 Å². The van der Waals surface area contributed by atoms with E-state index >= 15 is 0 Å². The van der Waals surface area contributed by atoms with Crippen LogP contribution in [0, 0.1) is 12.7 Å². The summed E-state index contributed by atoms with van der Waals surface area (Å²) in [6.45, 7) is 3.31. The van der Waals surface area contributed by atoms with Gasteiger partial charge in [0.1, 0.15) is 29.2 Å². The van der Waals surface area contributed by atoms with E-state index < -0.39 is 75.1 Å². The van der Waals surface area contributed by atoms with Crippen molar-refractivity contribution in [1.82, 2.24) is 20.0 Å². The third kappa shape index (κ3) is 5.58. The fourth-order valence-corrected chi connectivity index (χ4v) is 5.42. The Bertz CT molecular complexity index is 1690. The minimum Gasteiger partial charge on any atom is -0.509 e. The molecule has 0 radical (unpaired) electrons. The van der Waals surface area contributed by atoms with Crippen LogP contribution in [0.25, 0.3) is 11.3 Å². The molecule has 0 spiro atoms. The molecule has 0 aliphatic carbocycles. The fourth-order valence-electron chi connectivity index (χ4n) is 5.42. The number of nitrogens with zero attached hydrogens (tertiary/aromatic N) is 4. The Morgan fingerprint density at radius 2 is 1.77 bits per heavy atom. The average Bonchev–Trinajstić information content (AvgIpc) is 3.35. The maximum absolute atomic E-state index is 14.7. The molecule has 1 saturated heterocycles. The van der Waals surface area contributed by atoms with E-state index in [0.717, 1.165) is 11.1 Å². The van der Waals surface area contributed by atoms with Crippen LogP contribution >= 0.6 is 0 Å². The van der Waals surface area contributed by atoms with E-state index in [1.807, 2.05) is 0 Å². The van der Waals surface area contributed by atoms with E-state index in [-0.39, 0.29) is 12.1 Å². The Hall–Kier alpha value is -4.53. The van der Waals surface area contributed by atoms with Crippen molar-refractivity contribution >= 4 is 17.5 Å². The number of hydrogen-bond acceptors (Lipinski definition) is 6. The van der Waals surface area contributed by atoms with Gasteiger partial charge in [-0.05, 0) is 57.0 Å². The summed E-state index contributed by atoms with van der Waals surface area (Å²) < 4.78 is 95.4. The van der Waals surface area contributed by atoms with Gasteiger partial charge in [0, 0.05) is 17.7 Å². The van der Waals surface area contributed by atoms with Crippen LogP contribution in [0.1, 0.15) is 42.1 Å². The zero-order valence-corrected chi connectivity index (χ0v) is 23.1. The number of aliphatic hydroxyl groups excluding tert-OH is 1. The molecule has 2 aliphatic heterocycles. The molecule has 5 rings (SSSR count). The number of aromatic nitrogens is 2. The molecule has 0 saturated carbocycles. The van der Waals surface area contributed by atoms with Gasteiger partial charge in [0.25, 0.3) is 11.8 Å². The fraction of sp³-hybridized carbons (Fsp3) is 0.310. The quantitative estimate of drug-likeness (QED) is 0.260. The number of aryl methyl sites for hydroxylation is 1. The van der Waals surface area contributed by atoms with E-state index in [2.05, 4.69) is 15.3 Å². The predicted octanol–water partition coefficient (Wildman–Crippen LogP) is 6.19. The summed E-state index contributed by atoms with van der Waals surface area (Å²) in [5, 5.41) is 16.2. The molecule has 3 heterocycles. The van der Waals surface area contributed by atoms with Crippen molar-refractivity contribution in [3.8, 4) is 11.3 Å². The molecule has 15 heteroatoms. The first-order chi connectivity index (χ1) is 20.5. The highest BCUT2D eigenvalue weighted by Crippen LogP contribution is 2.43. The number of amides is 2. The standard InChI is InChI=1S/C29H24F7N5O3/c1-15-4-6-19(30)16(10-15)13-40-26(44)23(24(42)27(2)8-3-9-41(27)40)25(43)39-20-7-5-17(28(31,32)33)11-18(20)21-12-22(29(34,35)36)38-14-37-21/h4-7,10-12,14,42H,3,8-9,13H2,1-2H3,(H,39,43). The third-order valence-electron chi connectivity index (χ3n) is 7.67. The summed E-state index contributed by atoms with van der Waals surface area (Å²) in [4.78, 5) is 34.2. The molecule has 2 aromatic carbocycles. The monoisotopic (exact) mass is 623 g/mol. The summed E-state index contributed by atoms with van der Waals surface area (Å²) in [5.41, 5.74) is -5.38. The largest absolute Gasteiger partial charge is 0.509 e. The number of anilines is 1. The highest BCUT2D eigenvalue weighted by atomic mass is 19.4. The van der Waals surface area contributed by atoms with Crippen LogP contribution in [0.3, 0.4) is 0 Å². The van der Waals surface area contributed by atoms with E-state index in [1.165, 1.54) is 17.1 Å². The molecule has 2 amide bonds. The van der Waals surface area contributed by atoms with Crippen molar-refractivity contribution in [3.05, 3.63) is 88.3 Å². The second-order valence-electron chi connectivity index (χ2n) is 10.7. The molecule has 1 unspecified atom stereocenters. The summed E-state index contributed by atoms with van der Waals surface area (Å²) in [5.74, 6) is -3.45. The first-order valence-corrected chi connectivity index (χ1v) is 13.2. The van der Waals surface area contributed by atoms with Crippen molar-refractivity contribution in [2.24, 2.45) is 0 Å². The minimum atomic E-state index is -4.95. The average molecular weight is 624 g/mol. The summed E-state index contributed by atoms with van der Waals surface area (Å²) in [6, 6.07) is 6.62. The van der Waals surface area contributed by atoms with E-state index in [4.69, 9.17) is 0 Å². The first-order valence-electron chi connectivity index (χ1n) is 13.2. The van der Waals surface area contributed by atoms with Gasteiger partial charge in [0.05, 0.1) is 29.0 Å². The number of aliphatic hydroxyl groups is 1. The molecule has 1 atom stereocenters. The normalized spacial score (nSPS) is 19.4. The topological polar surface area (TPSA) is 98.7 Å². The van der Waals surface area contributed by atoms with Crippen LogP contribution in [0.15, 0.2) is 60.1 Å². The van der Waals surface area contributed by atoms with Crippen molar-refractivity contribution in [1.29, 1.82) is 0 Å². The Morgan fingerprint density at radius 3 is 2.45 bits per heavy atom. The van der Waals surface area contributed by atoms with Crippen LogP contribution in [0.2, 0.25) is 0 Å². The number of nitrogens with one attached hydrogen (secondary N) is 1. The number of alkyl halides is 6. The Balaban J connectivity index is 1.57. The molecule has 2 aliphatic rings. The zero-order chi connectivity index (χ0) is 32.2. The number of hydrazine groups is 1. The van der Waals surface area contributed by atoms with Crippen LogP contribution in [-0.4, -0.2) is 49.0 Å². The van der Waals surface area contributed by atoms with Gasteiger partial charge in [-0.3, -0.25) is 14.6 Å². The van der Waals surface area contributed by atoms with Gasteiger partial charge in [0.2, 0.25) is 0 Å². The van der Waals surface area contributed by atoms with Crippen LogP contribution < -0.4 is 5.32 Å². The van der Waals surface area contributed by atoms with E-state index in [0.29, 0.717) is 49.5 Å². The maximum atomic E-state index is 14.7. The lowest BCUT2D eigenvalue weighted by molar-refractivity contribution is -0.160. The van der Waals surface area contributed by atoms with Crippen molar-refractivity contribution in [2.75, 3.05) is 11.9 Å². The minimum absolute atomic E-state index is 0.142. The lowest BCUT2D eigenvalue weighted by Crippen LogP contribution is -2.60. The Kier molecular flexibility index (Phi) is 7.64. The number of halogens is 7. The summed E-state index contributed by atoms with van der Waals surface area (Å²) >= 11 is 0. The molecule has 1 aromatic heterocycles. The molecule has 44 heavy (non-hydrogen) atoms. The van der Waals surface area contributed by atoms with Crippen LogP contribution in [-0.2, 0) is 28.5 Å². The van der Waals surface area contributed by atoms with Crippen LogP contribution in [0.5, 0.6) is 0 Å². The number of hydrogen-bond donors (Lipinski definition) is 2. The van der Waals surface area contributed by atoms with Crippen molar-refractivity contribution in [3.63, 3.8) is 0 Å². The van der Waals surface area contributed by atoms with Crippen molar-refractivity contribution in [2.45, 2.75) is 51.1 Å². The summed E-state index contributed by atoms with van der Waals surface area (Å²) in [7, 11) is 0. The van der Waals surface area contributed by atoms with Gasteiger partial charge in [-0.2, -0.15) is 26.3 Å². The van der Waals surface area contributed by atoms with E-state index in [9.17, 15) is 45.4 Å². The summed E-state index contributed by atoms with van der Waals surface area (Å²) in [6.07, 6.45) is -8.52. The van der Waals surface area contributed by atoms with Crippen LogP contribution in [0.4, 0.5) is 36.4 Å². The smallest absolute Gasteiger partial charge is 0.433 e. The number of rotatable bonds is 5. The molecular formula is C29H24F7N5O3. The Labute approximate surface area is 245 Å². The molecule has 3 aromatic rings. The molecule has 0 bridgehead atoms. The van der Waals surface area contributed by atoms with Gasteiger partial charge in [-0.25, -0.2) is 19.4 Å². The highest BCUT2D eigenvalue weighted by Gasteiger charge is 2.52. The number of benzene rings is 2. The molecule has 2 N–H and O–H groups in total. The van der Waals surface area contributed by atoms with Gasteiger partial charge in [0.15, 0.2) is 0 Å². The lowest BCUT2D eigenvalue weighted by Gasteiger charge is -2.46. The maximum Gasteiger partial charge on any atom is 0.433 e. The number of fused-ring (bicyclic) bond motifs is 1. The molecule has 8 nitrogen and oxygen atoms in total. The van der Waals surface area contributed by atoms with Gasteiger partial charge in [-0.1, -0.05) is 17.7 Å². The first kappa shape index (κ1) is 30.9. The van der Waals surface area contributed by atoms with Gasteiger partial charge in [-0.15, -0.1) is 0 Å². The zero-order valence-electron chi connectivity index (χ0n) is 23.1. The van der Waals surface area contributed by atoms with Gasteiger partial charge >= 0.3 is 12.4 Å². The second kappa shape index (κ2) is 10.9. The molecular weight excluding hydrogens is 599 g/mol. The number of carbonyl (C=O) groups is 2. The van der Waals surface area contributed by atoms with Gasteiger partial charge < -0.3 is 10.4 Å². The molecule has 232 valence electrons. The number of carbonyl (C=O) groups excluding carboxylic acids is 2. The Morgan fingerprint density at radius 1 is 1.05 bits per heavy atom. The lowest BCUT2D eigenvalue weighted by atomic mass is 9.90. The third-order valence-corrected chi connectivity index (χ3v) is 7.67. The molecule has 1 fully saturated rings. The predicted molar refractivity (Wildman–Crippen MR) is 142 cm³/mol.